The van der Waals surface area contributed by atoms with E-state index in [-0.39, 0.29) is 5.56 Å². The third-order valence-corrected chi connectivity index (χ3v) is 3.35. The van der Waals surface area contributed by atoms with Crippen molar-refractivity contribution in [3.63, 3.8) is 0 Å². The Morgan fingerprint density at radius 3 is 2.75 bits per heavy atom. The van der Waals surface area contributed by atoms with Crippen LogP contribution in [-0.4, -0.2) is 22.7 Å². The van der Waals surface area contributed by atoms with Gasteiger partial charge in [0.15, 0.2) is 11.5 Å². The highest BCUT2D eigenvalue weighted by Crippen LogP contribution is 2.29. The predicted molar refractivity (Wildman–Crippen MR) is 75.8 cm³/mol. The average molecular weight is 293 g/mol. The number of carboxylic acid groups (broad SMARTS) is 1. The highest BCUT2D eigenvalue weighted by molar-refractivity contribution is 7.09. The van der Waals surface area contributed by atoms with E-state index < -0.39 is 5.97 Å². The van der Waals surface area contributed by atoms with Crippen LogP contribution in [0.15, 0.2) is 23.6 Å². The van der Waals surface area contributed by atoms with Crippen LogP contribution in [0.1, 0.15) is 28.0 Å². The number of carboxylic acids is 1. The first-order valence-electron chi connectivity index (χ1n) is 6.14. The Morgan fingerprint density at radius 1 is 1.35 bits per heavy atom. The summed E-state index contributed by atoms with van der Waals surface area (Å²) in [4.78, 5) is 15.3. The van der Waals surface area contributed by atoms with E-state index >= 15 is 0 Å². The summed E-state index contributed by atoms with van der Waals surface area (Å²) in [6, 6.07) is 4.56. The first kappa shape index (κ1) is 14.3. The molecule has 1 N–H and O–H groups in total. The highest BCUT2D eigenvalue weighted by Gasteiger charge is 2.11. The van der Waals surface area contributed by atoms with E-state index in [1.165, 1.54) is 12.1 Å². The van der Waals surface area contributed by atoms with E-state index in [2.05, 4.69) is 4.98 Å². The lowest BCUT2D eigenvalue weighted by molar-refractivity contribution is 0.0696. The Labute approximate surface area is 120 Å². The number of aryl methyl sites for hydroxylation is 1. The monoisotopic (exact) mass is 293 g/mol. The molecule has 0 radical (unpaired) electrons. The van der Waals surface area contributed by atoms with Crippen molar-refractivity contribution in [1.82, 2.24) is 4.98 Å². The Kier molecular flexibility index (Phi) is 4.57. The molecule has 0 saturated carbocycles. The molecule has 0 unspecified atom stereocenters. The Bertz CT molecular complexity index is 609. The van der Waals surface area contributed by atoms with Gasteiger partial charge in [-0.3, -0.25) is 0 Å². The fourth-order valence-electron chi connectivity index (χ4n) is 1.65. The molecule has 0 spiro atoms. The summed E-state index contributed by atoms with van der Waals surface area (Å²) >= 11 is 1.56. The maximum absolute atomic E-state index is 10.9. The molecule has 0 aliphatic carbocycles. The molecule has 20 heavy (non-hydrogen) atoms. The molecule has 0 aliphatic heterocycles. The second-order valence-electron chi connectivity index (χ2n) is 4.05. The van der Waals surface area contributed by atoms with Crippen LogP contribution >= 0.6 is 11.3 Å². The fraction of sp³-hybridized carbons (Fsp3) is 0.286. The van der Waals surface area contributed by atoms with E-state index in [0.717, 1.165) is 10.7 Å². The van der Waals surface area contributed by atoms with Gasteiger partial charge in [0.05, 0.1) is 22.9 Å². The molecular weight excluding hydrogens is 278 g/mol. The molecule has 2 rings (SSSR count). The van der Waals surface area contributed by atoms with Gasteiger partial charge in [-0.25, -0.2) is 9.78 Å². The van der Waals surface area contributed by atoms with Crippen molar-refractivity contribution in [2.45, 2.75) is 20.5 Å². The number of carbonyl (C=O) groups is 1. The van der Waals surface area contributed by atoms with E-state index in [0.29, 0.717) is 24.7 Å². The van der Waals surface area contributed by atoms with Crippen LogP contribution < -0.4 is 9.47 Å². The van der Waals surface area contributed by atoms with Crippen LogP contribution in [0.2, 0.25) is 0 Å². The molecule has 0 atom stereocenters. The van der Waals surface area contributed by atoms with Crippen molar-refractivity contribution in [2.75, 3.05) is 6.61 Å². The normalized spacial score (nSPS) is 10.3. The van der Waals surface area contributed by atoms with Gasteiger partial charge < -0.3 is 14.6 Å². The minimum Gasteiger partial charge on any atom is -0.490 e. The zero-order valence-corrected chi connectivity index (χ0v) is 12.1. The predicted octanol–water partition coefficient (Wildman–Crippen LogP) is 3.13. The Balaban J connectivity index is 2.15. The van der Waals surface area contributed by atoms with Gasteiger partial charge in [-0.2, -0.15) is 0 Å². The van der Waals surface area contributed by atoms with Gasteiger partial charge in [-0.15, -0.1) is 11.3 Å². The van der Waals surface area contributed by atoms with E-state index in [4.69, 9.17) is 14.6 Å². The topological polar surface area (TPSA) is 68.7 Å². The molecular formula is C14H15NO4S. The fourth-order valence-corrected chi connectivity index (χ4v) is 2.25. The summed E-state index contributed by atoms with van der Waals surface area (Å²) in [6.45, 7) is 4.54. The average Bonchev–Trinajstić information content (AvgIpc) is 2.83. The van der Waals surface area contributed by atoms with Crippen molar-refractivity contribution >= 4 is 17.3 Å². The summed E-state index contributed by atoms with van der Waals surface area (Å²) < 4.78 is 11.1. The Morgan fingerprint density at radius 2 is 2.15 bits per heavy atom. The molecule has 1 heterocycles. The lowest BCUT2D eigenvalue weighted by Crippen LogP contribution is -2.02. The third kappa shape index (κ3) is 3.48. The number of ether oxygens (including phenoxy) is 2. The van der Waals surface area contributed by atoms with Crippen molar-refractivity contribution in [3.05, 3.63) is 39.8 Å². The lowest BCUT2D eigenvalue weighted by atomic mass is 10.2. The van der Waals surface area contributed by atoms with E-state index in [9.17, 15) is 4.79 Å². The standard InChI is InChI=1S/C14H15NO4S/c1-3-18-13-6-10(14(16)17)4-5-12(13)19-7-11-8-20-9(2)15-11/h4-6,8H,3,7H2,1-2H3,(H,16,17). The highest BCUT2D eigenvalue weighted by atomic mass is 32.1. The quantitative estimate of drug-likeness (QED) is 0.886. The van der Waals surface area contributed by atoms with Crippen LogP contribution in [0.5, 0.6) is 11.5 Å². The SMILES string of the molecule is CCOc1cc(C(=O)O)ccc1OCc1csc(C)n1. The smallest absolute Gasteiger partial charge is 0.335 e. The Hall–Kier alpha value is -2.08. The maximum atomic E-state index is 10.9. The number of benzene rings is 1. The number of hydrogen-bond donors (Lipinski definition) is 1. The summed E-state index contributed by atoms with van der Waals surface area (Å²) in [6.07, 6.45) is 0. The number of hydrogen-bond acceptors (Lipinski definition) is 5. The van der Waals surface area contributed by atoms with Gasteiger partial charge in [0.1, 0.15) is 6.61 Å². The van der Waals surface area contributed by atoms with Gasteiger partial charge >= 0.3 is 5.97 Å². The molecule has 1 aromatic carbocycles. The molecule has 0 saturated heterocycles. The molecule has 0 fully saturated rings. The largest absolute Gasteiger partial charge is 0.490 e. The van der Waals surface area contributed by atoms with Gasteiger partial charge in [-0.1, -0.05) is 0 Å². The van der Waals surface area contributed by atoms with Crippen LogP contribution in [0.3, 0.4) is 0 Å². The van der Waals surface area contributed by atoms with Crippen LogP contribution in [-0.2, 0) is 6.61 Å². The zero-order chi connectivity index (χ0) is 14.5. The van der Waals surface area contributed by atoms with Crippen LogP contribution in [0.4, 0.5) is 0 Å². The van der Waals surface area contributed by atoms with Gasteiger partial charge in [-0.05, 0) is 32.0 Å². The lowest BCUT2D eigenvalue weighted by Gasteiger charge is -2.11. The second kappa shape index (κ2) is 6.38. The van der Waals surface area contributed by atoms with Crippen molar-refractivity contribution in [2.24, 2.45) is 0 Å². The van der Waals surface area contributed by atoms with Crippen LogP contribution in [0, 0.1) is 6.92 Å². The van der Waals surface area contributed by atoms with Crippen molar-refractivity contribution in [1.29, 1.82) is 0 Å². The summed E-state index contributed by atoms with van der Waals surface area (Å²) in [7, 11) is 0. The minimum absolute atomic E-state index is 0.172. The van der Waals surface area contributed by atoms with Crippen molar-refractivity contribution < 1.29 is 19.4 Å². The number of nitrogens with zero attached hydrogens (tertiary/aromatic N) is 1. The molecule has 0 aliphatic rings. The number of aromatic nitrogens is 1. The molecule has 6 heteroatoms. The zero-order valence-electron chi connectivity index (χ0n) is 11.3. The van der Waals surface area contributed by atoms with E-state index in [1.54, 1.807) is 17.4 Å². The van der Waals surface area contributed by atoms with Gasteiger partial charge in [0.25, 0.3) is 0 Å². The first-order valence-corrected chi connectivity index (χ1v) is 7.02. The summed E-state index contributed by atoms with van der Waals surface area (Å²) in [5.74, 6) is -0.0468. The maximum Gasteiger partial charge on any atom is 0.335 e. The number of rotatable bonds is 6. The molecule has 106 valence electrons. The van der Waals surface area contributed by atoms with Gasteiger partial charge in [0.2, 0.25) is 0 Å². The molecule has 0 bridgehead atoms. The summed E-state index contributed by atoms with van der Waals surface area (Å²) in [5.41, 5.74) is 1.02. The third-order valence-electron chi connectivity index (χ3n) is 2.53. The molecule has 0 amide bonds. The van der Waals surface area contributed by atoms with Crippen molar-refractivity contribution in [3.8, 4) is 11.5 Å². The first-order chi connectivity index (χ1) is 9.60. The second-order valence-corrected chi connectivity index (χ2v) is 5.11. The van der Waals surface area contributed by atoms with E-state index in [1.807, 2.05) is 19.2 Å². The molecule has 1 aromatic heterocycles. The number of aromatic carboxylic acids is 1. The molecule has 5 nitrogen and oxygen atoms in total. The number of thiazole rings is 1. The van der Waals surface area contributed by atoms with Gasteiger partial charge in [0, 0.05) is 5.38 Å². The minimum atomic E-state index is -0.993. The molecule has 2 aromatic rings. The van der Waals surface area contributed by atoms with Crippen LogP contribution in [0.25, 0.3) is 0 Å². The summed E-state index contributed by atoms with van der Waals surface area (Å²) in [5, 5.41) is 11.9.